The summed E-state index contributed by atoms with van der Waals surface area (Å²) in [6.07, 6.45) is 2.16. The number of pyridine rings is 1. The van der Waals surface area contributed by atoms with Crippen LogP contribution in [0.1, 0.15) is 50.8 Å². The summed E-state index contributed by atoms with van der Waals surface area (Å²) in [4.78, 5) is 0. The van der Waals surface area contributed by atoms with Crippen molar-refractivity contribution < 1.29 is 0 Å². The average Bonchev–Trinajstić information content (AvgIpc) is 2.63. The van der Waals surface area contributed by atoms with E-state index >= 15 is 0 Å². The van der Waals surface area contributed by atoms with E-state index in [1.54, 1.807) is 0 Å². The number of aromatic nitrogens is 1. The van der Waals surface area contributed by atoms with Crippen LogP contribution in [0, 0.1) is 0 Å². The lowest BCUT2D eigenvalue weighted by Crippen LogP contribution is -2.01. The van der Waals surface area contributed by atoms with Crippen molar-refractivity contribution in [2.75, 3.05) is 0 Å². The van der Waals surface area contributed by atoms with Gasteiger partial charge < -0.3 is 4.40 Å². The first kappa shape index (κ1) is 10.3. The third-order valence-electron chi connectivity index (χ3n) is 2.97. The number of fused-ring (bicyclic) bond motifs is 1. The monoisotopic (exact) mass is 201 g/mol. The summed E-state index contributed by atoms with van der Waals surface area (Å²) in [6, 6.07) is 8.87. The molecular weight excluding hydrogens is 182 g/mol. The second-order valence-corrected chi connectivity index (χ2v) is 4.79. The van der Waals surface area contributed by atoms with Gasteiger partial charge in [-0.25, -0.2) is 0 Å². The molecule has 0 saturated carbocycles. The third kappa shape index (κ3) is 1.67. The highest BCUT2D eigenvalue weighted by molar-refractivity contribution is 5.58. The zero-order valence-corrected chi connectivity index (χ0v) is 9.99. The Kier molecular flexibility index (Phi) is 2.56. The summed E-state index contributed by atoms with van der Waals surface area (Å²) >= 11 is 0. The van der Waals surface area contributed by atoms with Crippen LogP contribution in [0.4, 0.5) is 0 Å². The van der Waals surface area contributed by atoms with Crippen LogP contribution in [0.15, 0.2) is 30.5 Å². The van der Waals surface area contributed by atoms with Crippen molar-refractivity contribution in [3.63, 3.8) is 0 Å². The van der Waals surface area contributed by atoms with Gasteiger partial charge in [0.05, 0.1) is 0 Å². The Bertz CT molecular complexity index is 421. The summed E-state index contributed by atoms with van der Waals surface area (Å²) in [5.74, 6) is 1.16. The topological polar surface area (TPSA) is 4.41 Å². The van der Waals surface area contributed by atoms with Gasteiger partial charge in [-0.15, -0.1) is 0 Å². The van der Waals surface area contributed by atoms with Crippen LogP contribution in [0.5, 0.6) is 0 Å². The lowest BCUT2D eigenvalue weighted by Gasteiger charge is -2.14. The quantitative estimate of drug-likeness (QED) is 0.686. The van der Waals surface area contributed by atoms with Crippen LogP contribution in [-0.4, -0.2) is 4.40 Å². The first-order valence-electron chi connectivity index (χ1n) is 5.71. The molecule has 2 aromatic rings. The van der Waals surface area contributed by atoms with Gasteiger partial charge in [0, 0.05) is 17.4 Å². The molecule has 15 heavy (non-hydrogen) atoms. The summed E-state index contributed by atoms with van der Waals surface area (Å²) in [7, 11) is 0. The fraction of sp³-hybridized carbons (Fsp3) is 0.429. The van der Waals surface area contributed by atoms with Crippen LogP contribution in [0.2, 0.25) is 0 Å². The Balaban J connectivity index is 2.71. The average molecular weight is 201 g/mol. The van der Waals surface area contributed by atoms with Gasteiger partial charge in [0.1, 0.15) is 0 Å². The van der Waals surface area contributed by atoms with Crippen molar-refractivity contribution >= 4 is 5.52 Å². The highest BCUT2D eigenvalue weighted by Gasteiger charge is 2.09. The van der Waals surface area contributed by atoms with Crippen molar-refractivity contribution in [2.24, 2.45) is 0 Å². The molecule has 0 fully saturated rings. The molecule has 0 aliphatic heterocycles. The SMILES string of the molecule is CC(C)c1ccc(C(C)C)n2cccc12. The first-order chi connectivity index (χ1) is 7.11. The van der Waals surface area contributed by atoms with Crippen LogP contribution < -0.4 is 0 Å². The molecular formula is C14H19N. The largest absolute Gasteiger partial charge is 0.320 e. The lowest BCUT2D eigenvalue weighted by atomic mass is 10.0. The molecule has 1 nitrogen and oxygen atoms in total. The van der Waals surface area contributed by atoms with E-state index in [1.165, 1.54) is 16.8 Å². The molecule has 0 aliphatic carbocycles. The van der Waals surface area contributed by atoms with E-state index in [0.717, 1.165) is 0 Å². The molecule has 0 N–H and O–H groups in total. The predicted molar refractivity (Wildman–Crippen MR) is 65.6 cm³/mol. The summed E-state index contributed by atoms with van der Waals surface area (Å²) in [5, 5.41) is 0. The molecule has 0 aliphatic rings. The third-order valence-corrected chi connectivity index (χ3v) is 2.97. The maximum Gasteiger partial charge on any atom is 0.0487 e. The highest BCUT2D eigenvalue weighted by Crippen LogP contribution is 2.25. The van der Waals surface area contributed by atoms with Crippen LogP contribution in [0.3, 0.4) is 0 Å². The van der Waals surface area contributed by atoms with Gasteiger partial charge in [-0.05, 0) is 35.6 Å². The van der Waals surface area contributed by atoms with Gasteiger partial charge in [0.15, 0.2) is 0 Å². The van der Waals surface area contributed by atoms with Gasteiger partial charge in [0.25, 0.3) is 0 Å². The summed E-state index contributed by atoms with van der Waals surface area (Å²) in [6.45, 7) is 8.97. The smallest absolute Gasteiger partial charge is 0.0487 e. The van der Waals surface area contributed by atoms with E-state index in [-0.39, 0.29) is 0 Å². The Morgan fingerprint density at radius 3 is 2.27 bits per heavy atom. The molecule has 0 unspecified atom stereocenters. The van der Waals surface area contributed by atoms with E-state index in [4.69, 9.17) is 0 Å². The predicted octanol–water partition coefficient (Wildman–Crippen LogP) is 4.19. The Hall–Kier alpha value is -1.24. The normalized spacial score (nSPS) is 11.9. The lowest BCUT2D eigenvalue weighted by molar-refractivity contribution is 0.790. The van der Waals surface area contributed by atoms with Crippen LogP contribution >= 0.6 is 0 Å². The van der Waals surface area contributed by atoms with E-state index in [0.29, 0.717) is 11.8 Å². The maximum absolute atomic E-state index is 2.32. The van der Waals surface area contributed by atoms with E-state index < -0.39 is 0 Å². The Morgan fingerprint density at radius 1 is 0.933 bits per heavy atom. The fourth-order valence-electron chi connectivity index (χ4n) is 2.14. The molecule has 0 radical (unpaired) electrons. The zero-order chi connectivity index (χ0) is 11.0. The molecule has 2 heterocycles. The van der Waals surface area contributed by atoms with Gasteiger partial charge in [0.2, 0.25) is 0 Å². The standard InChI is InChI=1S/C14H19N/c1-10(2)12-7-8-13(11(3)4)15-9-5-6-14(12)15/h5-11H,1-4H3. The molecule has 0 spiro atoms. The minimum absolute atomic E-state index is 0.570. The van der Waals surface area contributed by atoms with Crippen molar-refractivity contribution in [1.82, 2.24) is 4.40 Å². The molecule has 1 heteroatoms. The van der Waals surface area contributed by atoms with E-state index in [9.17, 15) is 0 Å². The minimum atomic E-state index is 0.570. The number of nitrogens with zero attached hydrogens (tertiary/aromatic N) is 1. The highest BCUT2D eigenvalue weighted by atomic mass is 14.9. The van der Waals surface area contributed by atoms with Gasteiger partial charge in [-0.2, -0.15) is 0 Å². The second kappa shape index (κ2) is 3.73. The molecule has 0 saturated heterocycles. The molecule has 0 aromatic carbocycles. The summed E-state index contributed by atoms with van der Waals surface area (Å²) < 4.78 is 2.32. The minimum Gasteiger partial charge on any atom is -0.320 e. The summed E-state index contributed by atoms with van der Waals surface area (Å²) in [5.41, 5.74) is 4.18. The molecule has 0 atom stereocenters. The van der Waals surface area contributed by atoms with Crippen LogP contribution in [-0.2, 0) is 0 Å². The molecule has 80 valence electrons. The van der Waals surface area contributed by atoms with Gasteiger partial charge in [-0.1, -0.05) is 33.8 Å². The maximum atomic E-state index is 2.32. The molecule has 2 aromatic heterocycles. The molecule has 0 bridgehead atoms. The van der Waals surface area contributed by atoms with Crippen molar-refractivity contribution in [2.45, 2.75) is 39.5 Å². The second-order valence-electron chi connectivity index (χ2n) is 4.79. The van der Waals surface area contributed by atoms with Gasteiger partial charge >= 0.3 is 0 Å². The van der Waals surface area contributed by atoms with E-state index in [2.05, 4.69) is 62.6 Å². The van der Waals surface area contributed by atoms with Crippen LogP contribution in [0.25, 0.3) is 5.52 Å². The number of hydrogen-bond acceptors (Lipinski definition) is 0. The van der Waals surface area contributed by atoms with Crippen molar-refractivity contribution in [1.29, 1.82) is 0 Å². The van der Waals surface area contributed by atoms with Gasteiger partial charge in [-0.3, -0.25) is 0 Å². The number of rotatable bonds is 2. The Morgan fingerprint density at radius 2 is 1.67 bits per heavy atom. The fourth-order valence-corrected chi connectivity index (χ4v) is 2.14. The molecule has 0 amide bonds. The zero-order valence-electron chi connectivity index (χ0n) is 9.99. The number of hydrogen-bond donors (Lipinski definition) is 0. The first-order valence-corrected chi connectivity index (χ1v) is 5.71. The van der Waals surface area contributed by atoms with Crippen molar-refractivity contribution in [3.05, 3.63) is 41.7 Å². The molecule has 2 rings (SSSR count). The van der Waals surface area contributed by atoms with Crippen molar-refractivity contribution in [3.8, 4) is 0 Å². The Labute approximate surface area is 91.7 Å². The van der Waals surface area contributed by atoms with E-state index in [1.807, 2.05) is 0 Å².